The zero-order chi connectivity index (χ0) is 22.6. The molecule has 0 amide bonds. The Morgan fingerprint density at radius 2 is 1.65 bits per heavy atom. The minimum Gasteiger partial charge on any atom is -0.393 e. The fourth-order valence-electron chi connectivity index (χ4n) is 9.68. The molecule has 0 aromatic rings. The summed E-state index contributed by atoms with van der Waals surface area (Å²) < 4.78 is 0. The maximum absolute atomic E-state index is 13.3. The predicted molar refractivity (Wildman–Crippen MR) is 129 cm³/mol. The Morgan fingerprint density at radius 3 is 2.32 bits per heavy atom. The minimum atomic E-state index is -0.248. The van der Waals surface area contributed by atoms with Crippen molar-refractivity contribution < 1.29 is 9.90 Å². The first-order valence-corrected chi connectivity index (χ1v) is 13.8. The van der Waals surface area contributed by atoms with Crippen LogP contribution < -0.4 is 0 Å². The van der Waals surface area contributed by atoms with Gasteiger partial charge in [-0.15, -0.1) is 0 Å². The molecular formula is C29H50O2. The largest absolute Gasteiger partial charge is 0.393 e. The van der Waals surface area contributed by atoms with E-state index in [0.29, 0.717) is 23.0 Å². The fraction of sp³-hybridized carbons (Fsp3) is 0.966. The maximum atomic E-state index is 13.3. The number of rotatable bonds is 6. The van der Waals surface area contributed by atoms with Crippen LogP contribution in [0.3, 0.4) is 0 Å². The van der Waals surface area contributed by atoms with E-state index in [0.717, 1.165) is 55.3 Å². The molecular weight excluding hydrogens is 380 g/mol. The summed E-state index contributed by atoms with van der Waals surface area (Å²) in [4.78, 5) is 13.3. The van der Waals surface area contributed by atoms with Crippen molar-refractivity contribution >= 4 is 5.78 Å². The number of fused-ring (bicyclic) bond motifs is 5. The smallest absolute Gasteiger partial charge is 0.136 e. The monoisotopic (exact) mass is 430 g/mol. The van der Waals surface area contributed by atoms with E-state index in [9.17, 15) is 9.90 Å². The van der Waals surface area contributed by atoms with Crippen LogP contribution >= 0.6 is 0 Å². The summed E-state index contributed by atoms with van der Waals surface area (Å²) in [5.74, 6) is 6.02. The van der Waals surface area contributed by atoms with Gasteiger partial charge in [-0.25, -0.2) is 0 Å². The van der Waals surface area contributed by atoms with Gasteiger partial charge in [-0.1, -0.05) is 54.4 Å². The number of Topliss-reactive ketones (excluding diaryl/α,β-unsaturated/α-hetero) is 1. The van der Waals surface area contributed by atoms with Gasteiger partial charge in [-0.3, -0.25) is 4.79 Å². The van der Waals surface area contributed by atoms with E-state index < -0.39 is 0 Å². The highest BCUT2D eigenvalue weighted by Crippen LogP contribution is 2.67. The van der Waals surface area contributed by atoms with Crippen LogP contribution in [0.25, 0.3) is 0 Å². The zero-order valence-electron chi connectivity index (χ0n) is 21.3. The summed E-state index contributed by atoms with van der Waals surface area (Å²) in [6, 6.07) is 0. The predicted octanol–water partition coefficient (Wildman–Crippen LogP) is 7.28. The van der Waals surface area contributed by atoms with Crippen molar-refractivity contribution in [1.82, 2.24) is 0 Å². The molecule has 0 saturated heterocycles. The average molecular weight is 431 g/mol. The highest BCUT2D eigenvalue weighted by molar-refractivity contribution is 5.83. The van der Waals surface area contributed by atoms with Gasteiger partial charge in [0, 0.05) is 12.3 Å². The molecule has 4 fully saturated rings. The van der Waals surface area contributed by atoms with Crippen molar-refractivity contribution in [2.45, 2.75) is 118 Å². The van der Waals surface area contributed by atoms with Crippen molar-refractivity contribution in [3.05, 3.63) is 0 Å². The lowest BCUT2D eigenvalue weighted by molar-refractivity contribution is -0.160. The molecule has 4 rings (SSSR count). The zero-order valence-corrected chi connectivity index (χ0v) is 21.3. The Labute approximate surface area is 192 Å². The maximum Gasteiger partial charge on any atom is 0.136 e. The van der Waals surface area contributed by atoms with E-state index in [4.69, 9.17) is 0 Å². The molecule has 2 nitrogen and oxygen atoms in total. The Hall–Kier alpha value is -0.370. The molecule has 31 heavy (non-hydrogen) atoms. The highest BCUT2D eigenvalue weighted by Gasteiger charge is 2.62. The fourth-order valence-corrected chi connectivity index (χ4v) is 9.68. The van der Waals surface area contributed by atoms with Gasteiger partial charge in [0.05, 0.1) is 6.10 Å². The van der Waals surface area contributed by atoms with Gasteiger partial charge in [0.25, 0.3) is 0 Å². The van der Waals surface area contributed by atoms with Crippen molar-refractivity contribution in [2.24, 2.45) is 58.2 Å². The Balaban J connectivity index is 1.49. The van der Waals surface area contributed by atoms with Gasteiger partial charge in [0.2, 0.25) is 0 Å². The van der Waals surface area contributed by atoms with E-state index in [2.05, 4.69) is 41.5 Å². The first-order chi connectivity index (χ1) is 14.6. The number of aliphatic hydroxyl groups excluding tert-OH is 1. The van der Waals surface area contributed by atoms with Crippen LogP contribution in [0.2, 0.25) is 0 Å². The van der Waals surface area contributed by atoms with Crippen molar-refractivity contribution in [3.8, 4) is 0 Å². The van der Waals surface area contributed by atoms with Crippen LogP contribution in [0.4, 0.5) is 0 Å². The van der Waals surface area contributed by atoms with E-state index in [1.54, 1.807) is 0 Å². The number of hydrogen-bond donors (Lipinski definition) is 1. The molecule has 4 aliphatic carbocycles. The molecule has 1 N–H and O–H groups in total. The number of carbonyl (C=O) groups excluding carboxylic acids is 1. The standard InChI is InChI=1S/C29H50O2/c1-7-20(18(2)3)9-8-19(4)23-10-11-24-22-17-27(31)26-16-21(30)12-14-29(26,6)25(22)13-15-28(23,24)5/h18-26,30H,7-17H2,1-6H3/t19-,20-,21+,22?,23?,24?,25?,26-,28-,29-/m1/s1. The Kier molecular flexibility index (Phi) is 6.73. The summed E-state index contributed by atoms with van der Waals surface area (Å²) in [7, 11) is 0. The molecule has 0 bridgehead atoms. The quantitative estimate of drug-likeness (QED) is 0.480. The molecule has 2 heteroatoms. The summed E-state index contributed by atoms with van der Waals surface area (Å²) in [6.07, 6.45) is 12.8. The van der Waals surface area contributed by atoms with Crippen molar-refractivity contribution in [3.63, 3.8) is 0 Å². The number of aliphatic hydroxyl groups is 1. The van der Waals surface area contributed by atoms with Gasteiger partial charge in [0.1, 0.15) is 5.78 Å². The molecule has 0 aromatic carbocycles. The molecule has 178 valence electrons. The second-order valence-corrected chi connectivity index (χ2v) is 13.2. The van der Waals surface area contributed by atoms with Crippen molar-refractivity contribution in [1.29, 1.82) is 0 Å². The molecule has 0 aromatic heterocycles. The highest BCUT2D eigenvalue weighted by atomic mass is 16.3. The molecule has 0 radical (unpaired) electrons. The van der Waals surface area contributed by atoms with Crippen LogP contribution in [0.15, 0.2) is 0 Å². The number of ketones is 1. The molecule has 10 atom stereocenters. The van der Waals surface area contributed by atoms with E-state index in [1.807, 2.05) is 0 Å². The third kappa shape index (κ3) is 3.95. The average Bonchev–Trinajstić information content (AvgIpc) is 3.07. The van der Waals surface area contributed by atoms with Crippen LogP contribution in [-0.2, 0) is 4.79 Å². The van der Waals surface area contributed by atoms with Crippen LogP contribution in [0.5, 0.6) is 0 Å². The first-order valence-electron chi connectivity index (χ1n) is 13.8. The SMILES string of the molecule is CC[C@H](CC[C@@H](C)C1CCC2C3CC(=O)[C@H]4C[C@@H](O)CC[C@]4(C)C3CC[C@@]21C)C(C)C. The lowest BCUT2D eigenvalue weighted by Gasteiger charge is -2.60. The Morgan fingerprint density at radius 1 is 0.968 bits per heavy atom. The third-order valence-corrected chi connectivity index (χ3v) is 11.6. The van der Waals surface area contributed by atoms with Gasteiger partial charge < -0.3 is 5.11 Å². The molecule has 0 heterocycles. The first kappa shape index (κ1) is 23.8. The minimum absolute atomic E-state index is 0.125. The second-order valence-electron chi connectivity index (χ2n) is 13.2. The molecule has 4 saturated carbocycles. The molecule has 4 aliphatic rings. The van der Waals surface area contributed by atoms with Gasteiger partial charge >= 0.3 is 0 Å². The lowest BCUT2D eigenvalue weighted by atomic mass is 9.44. The van der Waals surface area contributed by atoms with Gasteiger partial charge in [-0.05, 0) is 104 Å². The Bertz CT molecular complexity index is 655. The lowest BCUT2D eigenvalue weighted by Crippen LogP contribution is -2.57. The number of carbonyl (C=O) groups is 1. The van der Waals surface area contributed by atoms with E-state index in [1.165, 1.54) is 44.9 Å². The van der Waals surface area contributed by atoms with Gasteiger partial charge in [-0.2, -0.15) is 0 Å². The normalized spacial score (nSPS) is 46.9. The summed E-state index contributed by atoms with van der Waals surface area (Å²) in [5, 5.41) is 10.3. The topological polar surface area (TPSA) is 37.3 Å². The molecule has 0 spiro atoms. The van der Waals surface area contributed by atoms with E-state index in [-0.39, 0.29) is 17.4 Å². The molecule has 4 unspecified atom stereocenters. The summed E-state index contributed by atoms with van der Waals surface area (Å²) >= 11 is 0. The summed E-state index contributed by atoms with van der Waals surface area (Å²) in [5.41, 5.74) is 0.591. The molecule has 0 aliphatic heterocycles. The van der Waals surface area contributed by atoms with Crippen LogP contribution in [0.1, 0.15) is 112 Å². The van der Waals surface area contributed by atoms with Crippen molar-refractivity contribution in [2.75, 3.05) is 0 Å². The van der Waals surface area contributed by atoms with Crippen LogP contribution in [-0.4, -0.2) is 17.0 Å². The number of hydrogen-bond acceptors (Lipinski definition) is 2. The van der Waals surface area contributed by atoms with E-state index >= 15 is 0 Å². The van der Waals surface area contributed by atoms with Crippen LogP contribution in [0, 0.1) is 58.2 Å². The second kappa shape index (κ2) is 8.77. The van der Waals surface area contributed by atoms with Gasteiger partial charge in [0.15, 0.2) is 0 Å². The summed E-state index contributed by atoms with van der Waals surface area (Å²) in [6.45, 7) is 14.7. The third-order valence-electron chi connectivity index (χ3n) is 11.6.